The molecule has 2 aliphatic heterocycles. The van der Waals surface area contributed by atoms with Crippen LogP contribution in [0.15, 0.2) is 135 Å². The molecule has 0 fully saturated rings. The second-order valence-corrected chi connectivity index (χ2v) is 19.5. The molecule has 56 heavy (non-hydrogen) atoms. The minimum absolute atomic E-state index is 0.0862. The highest BCUT2D eigenvalue weighted by Gasteiger charge is 2.21. The first-order chi connectivity index (χ1) is 26.9. The lowest BCUT2D eigenvalue weighted by atomic mass is 9.87. The van der Waals surface area contributed by atoms with Crippen LogP contribution in [0.2, 0.25) is 0 Å². The molecule has 0 amide bonds. The smallest absolute Gasteiger partial charge is 0.248 e. The van der Waals surface area contributed by atoms with Gasteiger partial charge in [-0.15, -0.1) is 20.4 Å². The number of hydrogen-bond donors (Lipinski definition) is 0. The maximum atomic E-state index is 6.01. The van der Waals surface area contributed by atoms with Gasteiger partial charge in [-0.1, -0.05) is 137 Å². The Kier molecular flexibility index (Phi) is 10.7. The van der Waals surface area contributed by atoms with Crippen LogP contribution in [0.1, 0.15) is 63.8 Å². The number of allylic oxidation sites excluding steroid dienone is 2. The van der Waals surface area contributed by atoms with Crippen LogP contribution < -0.4 is 0 Å². The Morgan fingerprint density at radius 3 is 1.02 bits per heavy atom. The summed E-state index contributed by atoms with van der Waals surface area (Å²) in [5, 5.41) is 21.4. The van der Waals surface area contributed by atoms with Crippen molar-refractivity contribution in [1.29, 1.82) is 0 Å². The summed E-state index contributed by atoms with van der Waals surface area (Å²) in [5.74, 6) is 15.2. The Hall–Kier alpha value is -5.10. The molecule has 0 radical (unpaired) electrons. The van der Waals surface area contributed by atoms with Crippen LogP contribution in [0.3, 0.4) is 0 Å². The Bertz CT molecular complexity index is 2450. The van der Waals surface area contributed by atoms with Crippen LogP contribution in [0.25, 0.3) is 45.8 Å². The molecule has 6 aromatic rings. The van der Waals surface area contributed by atoms with Gasteiger partial charge in [0.1, 0.15) is 0 Å². The zero-order valence-electron chi connectivity index (χ0n) is 31.6. The first kappa shape index (κ1) is 37.8. The summed E-state index contributed by atoms with van der Waals surface area (Å²) in [5.41, 5.74) is 8.04. The maximum Gasteiger partial charge on any atom is 0.248 e. The van der Waals surface area contributed by atoms with Gasteiger partial charge in [0, 0.05) is 33.4 Å². The lowest BCUT2D eigenvalue weighted by molar-refractivity contribution is 0.582. The summed E-state index contributed by atoms with van der Waals surface area (Å²) >= 11 is 6.82. The third-order valence-corrected chi connectivity index (χ3v) is 14.0. The number of aromatic nitrogens is 4. The predicted molar refractivity (Wildman–Crippen MR) is 235 cm³/mol. The number of hydrogen-bond acceptors (Lipinski definition) is 10. The molecule has 0 spiro atoms. The standard InChI is InChI=1S/C46H36N4O2S4/c1-45(2,3)35-21-17-33(18-22-35)41-49-47-39(51-41)31-13-7-29(8-14-31)11-25-37-27-53-43(55-37)44-54-28-38(56-44)26-12-30-9-15-32(16-10-30)40-48-50-42(52-40)34-19-23-36(24-20-34)46(4,5)6/h7-10,13-24,27-28H,1-6H3/b44-43+. The van der Waals surface area contributed by atoms with E-state index >= 15 is 0 Å². The van der Waals surface area contributed by atoms with Gasteiger partial charge >= 0.3 is 0 Å². The maximum absolute atomic E-state index is 6.01. The largest absolute Gasteiger partial charge is 0.416 e. The third kappa shape index (κ3) is 8.80. The summed E-state index contributed by atoms with van der Waals surface area (Å²) in [6, 6.07) is 32.4. The van der Waals surface area contributed by atoms with E-state index < -0.39 is 0 Å². The van der Waals surface area contributed by atoms with Gasteiger partial charge in [0.15, 0.2) is 0 Å². The number of benzene rings is 4. The molecule has 0 unspecified atom stereocenters. The molecular weight excluding hydrogens is 769 g/mol. The fraction of sp³-hybridized carbons (Fsp3) is 0.174. The van der Waals surface area contributed by atoms with Crippen molar-refractivity contribution in [3.05, 3.63) is 148 Å². The highest BCUT2D eigenvalue weighted by atomic mass is 32.2. The Morgan fingerprint density at radius 1 is 0.411 bits per heavy atom. The molecule has 2 aromatic heterocycles. The average molecular weight is 805 g/mol. The predicted octanol–water partition coefficient (Wildman–Crippen LogP) is 12.9. The highest BCUT2D eigenvalue weighted by Crippen LogP contribution is 2.55. The zero-order chi connectivity index (χ0) is 38.9. The van der Waals surface area contributed by atoms with E-state index in [1.165, 1.54) is 19.6 Å². The molecule has 2 aliphatic rings. The van der Waals surface area contributed by atoms with E-state index in [0.29, 0.717) is 23.6 Å². The van der Waals surface area contributed by atoms with Crippen LogP contribution in [-0.4, -0.2) is 20.4 Å². The number of nitrogens with zero attached hydrogens (tertiary/aromatic N) is 4. The van der Waals surface area contributed by atoms with Crippen molar-refractivity contribution in [1.82, 2.24) is 20.4 Å². The topological polar surface area (TPSA) is 77.8 Å². The molecule has 0 saturated carbocycles. The highest BCUT2D eigenvalue weighted by molar-refractivity contribution is 8.33. The molecular formula is C46H36N4O2S4. The summed E-state index contributed by atoms with van der Waals surface area (Å²) in [6.07, 6.45) is 0. The molecule has 276 valence electrons. The second kappa shape index (κ2) is 15.8. The van der Waals surface area contributed by atoms with E-state index in [4.69, 9.17) is 8.83 Å². The van der Waals surface area contributed by atoms with Crippen molar-refractivity contribution < 1.29 is 8.83 Å². The zero-order valence-corrected chi connectivity index (χ0v) is 34.9. The molecule has 8 rings (SSSR count). The Labute approximate surface area is 344 Å². The van der Waals surface area contributed by atoms with Crippen molar-refractivity contribution in [2.24, 2.45) is 0 Å². The van der Waals surface area contributed by atoms with Gasteiger partial charge in [-0.05, 0) is 106 Å². The first-order valence-corrected chi connectivity index (χ1v) is 21.3. The molecule has 10 heteroatoms. The van der Waals surface area contributed by atoms with E-state index in [1.54, 1.807) is 47.0 Å². The van der Waals surface area contributed by atoms with Crippen LogP contribution in [-0.2, 0) is 10.8 Å². The van der Waals surface area contributed by atoms with Crippen LogP contribution in [0.5, 0.6) is 0 Å². The van der Waals surface area contributed by atoms with Crippen molar-refractivity contribution in [3.8, 4) is 69.5 Å². The van der Waals surface area contributed by atoms with Crippen LogP contribution in [0, 0.1) is 23.7 Å². The molecule has 4 aromatic carbocycles. The van der Waals surface area contributed by atoms with Crippen LogP contribution >= 0.6 is 47.0 Å². The van der Waals surface area contributed by atoms with Crippen LogP contribution in [0.4, 0.5) is 0 Å². The molecule has 0 bridgehead atoms. The van der Waals surface area contributed by atoms with E-state index in [1.807, 2.05) is 72.8 Å². The van der Waals surface area contributed by atoms with E-state index in [2.05, 4.69) is 121 Å². The SMILES string of the molecule is CC(C)(C)c1ccc(-c2nnc(-c3ccc(C#CC4=CS/C(=C5/SC=C(C#Cc6ccc(-c7nnc(-c8ccc(C(C)(C)C)cc8)o7)cc6)S5)S4)cc3)o2)cc1. The third-order valence-electron chi connectivity index (χ3n) is 8.89. The minimum Gasteiger partial charge on any atom is -0.416 e. The normalized spacial score (nSPS) is 15.5. The van der Waals surface area contributed by atoms with Gasteiger partial charge in [0.05, 0.1) is 18.3 Å². The van der Waals surface area contributed by atoms with E-state index in [0.717, 1.165) is 43.2 Å². The van der Waals surface area contributed by atoms with Crippen molar-refractivity contribution in [2.45, 2.75) is 52.4 Å². The van der Waals surface area contributed by atoms with Gasteiger partial charge in [0.2, 0.25) is 23.6 Å². The minimum atomic E-state index is 0.0862. The summed E-state index contributed by atoms with van der Waals surface area (Å²) in [6.45, 7) is 13.2. The van der Waals surface area contributed by atoms with Crippen molar-refractivity contribution >= 4 is 47.0 Å². The lowest BCUT2D eigenvalue weighted by Crippen LogP contribution is -2.10. The van der Waals surface area contributed by atoms with Gasteiger partial charge in [-0.2, -0.15) is 0 Å². The van der Waals surface area contributed by atoms with Gasteiger partial charge < -0.3 is 8.83 Å². The second-order valence-electron chi connectivity index (χ2n) is 15.1. The Balaban J connectivity index is 0.837. The monoisotopic (exact) mass is 804 g/mol. The summed E-state index contributed by atoms with van der Waals surface area (Å²) < 4.78 is 14.5. The fourth-order valence-electron chi connectivity index (χ4n) is 5.60. The lowest BCUT2D eigenvalue weighted by Gasteiger charge is -2.18. The molecule has 6 nitrogen and oxygen atoms in total. The number of thioether (sulfide) groups is 4. The quantitative estimate of drug-likeness (QED) is 0.161. The average Bonchev–Trinajstić information content (AvgIpc) is 4.04. The van der Waals surface area contributed by atoms with E-state index in [9.17, 15) is 0 Å². The van der Waals surface area contributed by atoms with Crippen molar-refractivity contribution in [2.75, 3.05) is 0 Å². The van der Waals surface area contributed by atoms with Gasteiger partial charge in [-0.3, -0.25) is 0 Å². The van der Waals surface area contributed by atoms with Gasteiger partial charge in [-0.25, -0.2) is 0 Å². The first-order valence-electron chi connectivity index (χ1n) is 17.9. The molecule has 0 atom stereocenters. The molecule has 0 aliphatic carbocycles. The summed E-state index contributed by atoms with van der Waals surface area (Å²) in [7, 11) is 0. The van der Waals surface area contributed by atoms with Gasteiger partial charge in [0.25, 0.3) is 0 Å². The number of rotatable bonds is 4. The fourth-order valence-corrected chi connectivity index (χ4v) is 10.1. The summed E-state index contributed by atoms with van der Waals surface area (Å²) in [4.78, 5) is 2.04. The van der Waals surface area contributed by atoms with E-state index in [-0.39, 0.29) is 10.8 Å². The van der Waals surface area contributed by atoms with Crippen molar-refractivity contribution in [3.63, 3.8) is 0 Å². The molecule has 4 heterocycles. The Morgan fingerprint density at radius 2 is 0.714 bits per heavy atom. The molecule has 0 saturated heterocycles. The molecule has 0 N–H and O–H groups in total.